The van der Waals surface area contributed by atoms with Crippen LogP contribution in [-0.4, -0.2) is 13.1 Å². The molecule has 13 heavy (non-hydrogen) atoms. The van der Waals surface area contributed by atoms with Crippen LogP contribution in [0.3, 0.4) is 0 Å². The standard InChI is InChI=1S/C12H25N/c1-5-9-13-10-7-8-12(4)11(3)6-2/h8,11,13H,5-7,9-10H2,1-4H3. The molecular formula is C12H25N. The van der Waals surface area contributed by atoms with Gasteiger partial charge in [0.25, 0.3) is 0 Å². The number of rotatable bonds is 7. The second kappa shape index (κ2) is 8.31. The first-order valence-electron chi connectivity index (χ1n) is 5.59. The largest absolute Gasteiger partial charge is 0.316 e. The van der Waals surface area contributed by atoms with Crippen LogP contribution < -0.4 is 5.32 Å². The molecule has 1 nitrogen and oxygen atoms in total. The molecule has 0 heterocycles. The smallest absolute Gasteiger partial charge is 0.00142 e. The molecule has 0 rings (SSSR count). The number of hydrogen-bond acceptors (Lipinski definition) is 1. The van der Waals surface area contributed by atoms with Crippen molar-refractivity contribution in [2.24, 2.45) is 5.92 Å². The van der Waals surface area contributed by atoms with Crippen molar-refractivity contribution in [3.8, 4) is 0 Å². The first kappa shape index (κ1) is 12.7. The van der Waals surface area contributed by atoms with Gasteiger partial charge >= 0.3 is 0 Å². The van der Waals surface area contributed by atoms with E-state index in [1.54, 1.807) is 5.57 Å². The van der Waals surface area contributed by atoms with Gasteiger partial charge in [-0.1, -0.05) is 32.4 Å². The minimum absolute atomic E-state index is 0.756. The Bertz CT molecular complexity index is 138. The van der Waals surface area contributed by atoms with Gasteiger partial charge in [-0.25, -0.2) is 0 Å². The molecule has 0 radical (unpaired) electrons. The van der Waals surface area contributed by atoms with Crippen LogP contribution in [0.4, 0.5) is 0 Å². The lowest BCUT2D eigenvalue weighted by Crippen LogP contribution is -2.15. The van der Waals surface area contributed by atoms with E-state index in [2.05, 4.69) is 39.1 Å². The molecule has 78 valence electrons. The lowest BCUT2D eigenvalue weighted by molar-refractivity contribution is 0.641. The summed E-state index contributed by atoms with van der Waals surface area (Å²) >= 11 is 0. The maximum atomic E-state index is 3.40. The van der Waals surface area contributed by atoms with E-state index >= 15 is 0 Å². The van der Waals surface area contributed by atoms with Gasteiger partial charge in [-0.2, -0.15) is 0 Å². The first-order chi connectivity index (χ1) is 6.22. The van der Waals surface area contributed by atoms with Gasteiger partial charge in [0.15, 0.2) is 0 Å². The van der Waals surface area contributed by atoms with E-state index in [0.29, 0.717) is 0 Å². The molecular weight excluding hydrogens is 158 g/mol. The summed E-state index contributed by atoms with van der Waals surface area (Å²) in [6.07, 6.45) is 6.03. The fraction of sp³-hybridized carbons (Fsp3) is 0.833. The molecule has 0 aromatic heterocycles. The van der Waals surface area contributed by atoms with Crippen molar-refractivity contribution in [1.29, 1.82) is 0 Å². The first-order valence-corrected chi connectivity index (χ1v) is 5.59. The quantitative estimate of drug-likeness (QED) is 0.471. The molecule has 1 unspecified atom stereocenters. The van der Waals surface area contributed by atoms with Gasteiger partial charge in [0, 0.05) is 0 Å². The summed E-state index contributed by atoms with van der Waals surface area (Å²) in [5.74, 6) is 0.756. The van der Waals surface area contributed by atoms with Gasteiger partial charge < -0.3 is 5.32 Å². The highest BCUT2D eigenvalue weighted by atomic mass is 14.8. The zero-order valence-electron chi connectivity index (χ0n) is 9.69. The van der Waals surface area contributed by atoms with Crippen molar-refractivity contribution in [2.75, 3.05) is 13.1 Å². The van der Waals surface area contributed by atoms with E-state index in [4.69, 9.17) is 0 Å². The average molecular weight is 183 g/mol. The van der Waals surface area contributed by atoms with Crippen molar-refractivity contribution in [2.45, 2.75) is 47.0 Å². The van der Waals surface area contributed by atoms with Crippen LogP contribution in [0.25, 0.3) is 0 Å². The molecule has 0 saturated carbocycles. The highest BCUT2D eigenvalue weighted by Gasteiger charge is 1.98. The Morgan fingerprint density at radius 2 is 2.00 bits per heavy atom. The fourth-order valence-corrected chi connectivity index (χ4v) is 1.23. The van der Waals surface area contributed by atoms with Gasteiger partial charge in [0.1, 0.15) is 0 Å². The summed E-state index contributed by atoms with van der Waals surface area (Å²) in [5.41, 5.74) is 1.54. The van der Waals surface area contributed by atoms with Crippen molar-refractivity contribution >= 4 is 0 Å². The van der Waals surface area contributed by atoms with Crippen LogP contribution in [-0.2, 0) is 0 Å². The molecule has 0 aliphatic heterocycles. The van der Waals surface area contributed by atoms with Crippen LogP contribution >= 0.6 is 0 Å². The van der Waals surface area contributed by atoms with Crippen molar-refractivity contribution < 1.29 is 0 Å². The molecule has 0 aliphatic carbocycles. The molecule has 0 aromatic rings. The molecule has 0 spiro atoms. The Balaban J connectivity index is 3.47. The Morgan fingerprint density at radius 3 is 2.54 bits per heavy atom. The van der Waals surface area contributed by atoms with Crippen LogP contribution in [0.1, 0.15) is 47.0 Å². The van der Waals surface area contributed by atoms with Crippen LogP contribution in [0.5, 0.6) is 0 Å². The third kappa shape index (κ3) is 6.83. The Hall–Kier alpha value is -0.300. The topological polar surface area (TPSA) is 12.0 Å². The molecule has 1 atom stereocenters. The Kier molecular flexibility index (Phi) is 8.11. The molecule has 1 N–H and O–H groups in total. The SMILES string of the molecule is CCCNCCC=C(C)C(C)CC. The number of nitrogens with one attached hydrogen (secondary N) is 1. The molecule has 1 heteroatoms. The van der Waals surface area contributed by atoms with Gasteiger partial charge in [-0.15, -0.1) is 0 Å². The van der Waals surface area contributed by atoms with Gasteiger partial charge in [-0.05, 0) is 45.2 Å². The minimum atomic E-state index is 0.756. The minimum Gasteiger partial charge on any atom is -0.316 e. The van der Waals surface area contributed by atoms with E-state index in [9.17, 15) is 0 Å². The average Bonchev–Trinajstić information content (AvgIpc) is 2.16. The molecule has 0 saturated heterocycles. The van der Waals surface area contributed by atoms with Gasteiger partial charge in [0.2, 0.25) is 0 Å². The van der Waals surface area contributed by atoms with E-state index in [-0.39, 0.29) is 0 Å². The van der Waals surface area contributed by atoms with Gasteiger partial charge in [0.05, 0.1) is 0 Å². The third-order valence-corrected chi connectivity index (χ3v) is 2.60. The van der Waals surface area contributed by atoms with E-state index < -0.39 is 0 Å². The third-order valence-electron chi connectivity index (χ3n) is 2.60. The molecule has 0 aliphatic rings. The second-order valence-electron chi connectivity index (χ2n) is 3.80. The summed E-state index contributed by atoms with van der Waals surface area (Å²) in [6, 6.07) is 0. The predicted octanol–water partition coefficient (Wildman–Crippen LogP) is 3.37. The molecule has 0 fully saturated rings. The zero-order chi connectivity index (χ0) is 10.1. The highest BCUT2D eigenvalue weighted by Crippen LogP contribution is 2.13. The summed E-state index contributed by atoms with van der Waals surface area (Å²) in [4.78, 5) is 0. The Morgan fingerprint density at radius 1 is 1.31 bits per heavy atom. The summed E-state index contributed by atoms with van der Waals surface area (Å²) in [5, 5.41) is 3.40. The number of hydrogen-bond donors (Lipinski definition) is 1. The maximum absolute atomic E-state index is 3.40. The van der Waals surface area contributed by atoms with Crippen molar-refractivity contribution in [3.63, 3.8) is 0 Å². The van der Waals surface area contributed by atoms with E-state index in [0.717, 1.165) is 19.0 Å². The van der Waals surface area contributed by atoms with Crippen molar-refractivity contribution in [1.82, 2.24) is 5.32 Å². The van der Waals surface area contributed by atoms with E-state index in [1.807, 2.05) is 0 Å². The fourth-order valence-electron chi connectivity index (χ4n) is 1.23. The normalized spacial score (nSPS) is 14.6. The summed E-state index contributed by atoms with van der Waals surface area (Å²) in [7, 11) is 0. The molecule has 0 amide bonds. The number of allylic oxidation sites excluding steroid dienone is 1. The zero-order valence-corrected chi connectivity index (χ0v) is 9.69. The molecule has 0 bridgehead atoms. The van der Waals surface area contributed by atoms with Crippen LogP contribution in [0.15, 0.2) is 11.6 Å². The maximum Gasteiger partial charge on any atom is -0.00142 e. The molecule has 0 aromatic carbocycles. The van der Waals surface area contributed by atoms with Crippen molar-refractivity contribution in [3.05, 3.63) is 11.6 Å². The predicted molar refractivity (Wildman–Crippen MR) is 61.0 cm³/mol. The summed E-state index contributed by atoms with van der Waals surface area (Å²) in [6.45, 7) is 11.3. The Labute approximate surface area is 83.6 Å². The second-order valence-corrected chi connectivity index (χ2v) is 3.80. The lowest BCUT2D eigenvalue weighted by atomic mass is 9.99. The monoisotopic (exact) mass is 183 g/mol. The van der Waals surface area contributed by atoms with E-state index in [1.165, 1.54) is 19.3 Å². The van der Waals surface area contributed by atoms with Gasteiger partial charge in [-0.3, -0.25) is 0 Å². The van der Waals surface area contributed by atoms with Crippen LogP contribution in [0, 0.1) is 5.92 Å². The van der Waals surface area contributed by atoms with Crippen LogP contribution in [0.2, 0.25) is 0 Å². The lowest BCUT2D eigenvalue weighted by Gasteiger charge is -2.08. The highest BCUT2D eigenvalue weighted by molar-refractivity contribution is 5.01. The summed E-state index contributed by atoms with van der Waals surface area (Å²) < 4.78 is 0.